The highest BCUT2D eigenvalue weighted by Crippen LogP contribution is 2.14. The van der Waals surface area contributed by atoms with Gasteiger partial charge < -0.3 is 10.1 Å². The predicted octanol–water partition coefficient (Wildman–Crippen LogP) is 3.43. The van der Waals surface area contributed by atoms with Crippen molar-refractivity contribution in [1.82, 2.24) is 0 Å². The van der Waals surface area contributed by atoms with E-state index in [-0.39, 0.29) is 12.0 Å². The lowest BCUT2D eigenvalue weighted by atomic mass is 10.1. The van der Waals surface area contributed by atoms with Crippen molar-refractivity contribution >= 4 is 34.2 Å². The molecule has 4 heteroatoms. The summed E-state index contributed by atoms with van der Waals surface area (Å²) in [4.78, 5) is 11.7. The average Bonchev–Trinajstić information content (AvgIpc) is 2.31. The van der Waals surface area contributed by atoms with Crippen LogP contribution in [0.15, 0.2) is 24.3 Å². The molecule has 1 aromatic rings. The molecule has 0 amide bonds. The highest BCUT2D eigenvalue weighted by Gasteiger charge is 2.18. The Morgan fingerprint density at radius 3 is 2.53 bits per heavy atom. The predicted molar refractivity (Wildman–Crippen MR) is 78.1 cm³/mol. The van der Waals surface area contributed by atoms with Crippen molar-refractivity contribution in [2.45, 2.75) is 32.7 Å². The zero-order chi connectivity index (χ0) is 12.7. The van der Waals surface area contributed by atoms with Gasteiger partial charge in [0.1, 0.15) is 6.04 Å². The van der Waals surface area contributed by atoms with E-state index in [1.165, 1.54) is 3.57 Å². The molecule has 1 atom stereocenters. The first kappa shape index (κ1) is 14.3. The molecule has 1 N–H and O–H groups in total. The van der Waals surface area contributed by atoms with Gasteiger partial charge in [0.15, 0.2) is 0 Å². The van der Waals surface area contributed by atoms with E-state index >= 15 is 0 Å². The van der Waals surface area contributed by atoms with Crippen LogP contribution in [0.2, 0.25) is 0 Å². The molecule has 0 saturated carbocycles. The minimum Gasteiger partial charge on any atom is -0.464 e. The van der Waals surface area contributed by atoms with Gasteiger partial charge in [0, 0.05) is 9.26 Å². The lowest BCUT2D eigenvalue weighted by Crippen LogP contribution is -2.31. The summed E-state index contributed by atoms with van der Waals surface area (Å²) >= 11 is 2.25. The number of hydrogen-bond acceptors (Lipinski definition) is 3. The Morgan fingerprint density at radius 1 is 1.35 bits per heavy atom. The van der Waals surface area contributed by atoms with E-state index in [1.54, 1.807) is 0 Å². The highest BCUT2D eigenvalue weighted by molar-refractivity contribution is 14.1. The number of carbonyl (C=O) groups excluding carboxylic acids is 1. The Bertz CT molecular complexity index is 351. The minimum atomic E-state index is -0.250. The maximum absolute atomic E-state index is 11.7. The molecular formula is C13H18INO2. The van der Waals surface area contributed by atoms with Crippen LogP contribution in [-0.2, 0) is 9.53 Å². The fourth-order valence-electron chi connectivity index (χ4n) is 1.53. The first-order chi connectivity index (χ1) is 8.17. The topological polar surface area (TPSA) is 38.3 Å². The first-order valence-electron chi connectivity index (χ1n) is 5.86. The molecule has 0 saturated heterocycles. The zero-order valence-corrected chi connectivity index (χ0v) is 12.4. The fraction of sp³-hybridized carbons (Fsp3) is 0.462. The number of ether oxygens (including phenoxy) is 1. The summed E-state index contributed by atoms with van der Waals surface area (Å²) in [6.07, 6.45) is 1.73. The van der Waals surface area contributed by atoms with Crippen LogP contribution in [0.3, 0.4) is 0 Å². The van der Waals surface area contributed by atoms with E-state index in [2.05, 4.69) is 34.8 Å². The molecule has 3 nitrogen and oxygen atoms in total. The van der Waals surface area contributed by atoms with Crippen molar-refractivity contribution in [3.63, 3.8) is 0 Å². The summed E-state index contributed by atoms with van der Waals surface area (Å²) < 4.78 is 6.23. The Balaban J connectivity index is 2.65. The summed E-state index contributed by atoms with van der Waals surface area (Å²) in [5.74, 6) is -0.173. The molecule has 0 aromatic heterocycles. The molecule has 1 rings (SSSR count). The zero-order valence-electron chi connectivity index (χ0n) is 10.2. The van der Waals surface area contributed by atoms with E-state index < -0.39 is 0 Å². The molecule has 1 aromatic carbocycles. The number of benzene rings is 1. The van der Waals surface area contributed by atoms with Crippen molar-refractivity contribution in [2.75, 3.05) is 11.9 Å². The summed E-state index contributed by atoms with van der Waals surface area (Å²) in [6.45, 7) is 4.31. The van der Waals surface area contributed by atoms with Gasteiger partial charge in [0.05, 0.1) is 6.61 Å². The van der Waals surface area contributed by atoms with Gasteiger partial charge in [-0.05, 0) is 60.2 Å². The standard InChI is InChI=1S/C13H18INO2/c1-3-5-12(13(16)17-4-2)15-11-8-6-10(14)7-9-11/h6-9,12,15H,3-5H2,1-2H3. The second kappa shape index (κ2) is 7.53. The van der Waals surface area contributed by atoms with Crippen molar-refractivity contribution in [2.24, 2.45) is 0 Å². The molecule has 0 aliphatic heterocycles. The molecule has 0 aliphatic carbocycles. The number of halogens is 1. The molecule has 0 heterocycles. The van der Waals surface area contributed by atoms with Crippen molar-refractivity contribution in [3.05, 3.63) is 27.8 Å². The third-order valence-electron chi connectivity index (χ3n) is 2.33. The third-order valence-corrected chi connectivity index (χ3v) is 3.05. The van der Waals surface area contributed by atoms with Gasteiger partial charge in [-0.2, -0.15) is 0 Å². The molecule has 1 unspecified atom stereocenters. The molecule has 0 spiro atoms. The van der Waals surface area contributed by atoms with Crippen LogP contribution in [0.1, 0.15) is 26.7 Å². The summed E-state index contributed by atoms with van der Waals surface area (Å²) in [5.41, 5.74) is 0.955. The van der Waals surface area contributed by atoms with E-state index in [1.807, 2.05) is 31.2 Å². The van der Waals surface area contributed by atoms with Crippen LogP contribution in [-0.4, -0.2) is 18.6 Å². The Kier molecular flexibility index (Phi) is 6.32. The molecule has 0 radical (unpaired) electrons. The van der Waals surface area contributed by atoms with Crippen molar-refractivity contribution in [3.8, 4) is 0 Å². The van der Waals surface area contributed by atoms with E-state index in [9.17, 15) is 4.79 Å². The fourth-order valence-corrected chi connectivity index (χ4v) is 1.89. The maximum Gasteiger partial charge on any atom is 0.328 e. The smallest absolute Gasteiger partial charge is 0.328 e. The van der Waals surface area contributed by atoms with Crippen LogP contribution in [0.5, 0.6) is 0 Å². The van der Waals surface area contributed by atoms with Gasteiger partial charge in [-0.25, -0.2) is 4.79 Å². The molecule has 0 aliphatic rings. The van der Waals surface area contributed by atoms with Crippen LogP contribution in [0.4, 0.5) is 5.69 Å². The minimum absolute atomic E-state index is 0.173. The molecule has 0 fully saturated rings. The normalized spacial score (nSPS) is 11.9. The molecule has 17 heavy (non-hydrogen) atoms. The number of carbonyl (C=O) groups is 1. The van der Waals surface area contributed by atoms with Crippen LogP contribution >= 0.6 is 22.6 Å². The van der Waals surface area contributed by atoms with Crippen LogP contribution in [0.25, 0.3) is 0 Å². The number of nitrogens with one attached hydrogen (secondary N) is 1. The third kappa shape index (κ3) is 4.93. The molecule has 94 valence electrons. The highest BCUT2D eigenvalue weighted by atomic mass is 127. The quantitative estimate of drug-likeness (QED) is 0.633. The van der Waals surface area contributed by atoms with Gasteiger partial charge in [0.25, 0.3) is 0 Å². The van der Waals surface area contributed by atoms with Gasteiger partial charge >= 0.3 is 5.97 Å². The van der Waals surface area contributed by atoms with Crippen molar-refractivity contribution in [1.29, 1.82) is 0 Å². The van der Waals surface area contributed by atoms with E-state index in [0.29, 0.717) is 6.61 Å². The maximum atomic E-state index is 11.7. The summed E-state index contributed by atoms with van der Waals surface area (Å²) in [6, 6.07) is 7.72. The first-order valence-corrected chi connectivity index (χ1v) is 6.94. The van der Waals surface area contributed by atoms with Gasteiger partial charge in [0.2, 0.25) is 0 Å². The van der Waals surface area contributed by atoms with Crippen LogP contribution in [0, 0.1) is 3.57 Å². The number of rotatable bonds is 6. The monoisotopic (exact) mass is 347 g/mol. The number of anilines is 1. The number of esters is 1. The van der Waals surface area contributed by atoms with E-state index in [0.717, 1.165) is 18.5 Å². The molecule has 0 bridgehead atoms. The SMILES string of the molecule is CCCC(Nc1ccc(I)cc1)C(=O)OCC. The van der Waals surface area contributed by atoms with Crippen molar-refractivity contribution < 1.29 is 9.53 Å². The second-order valence-corrected chi connectivity index (χ2v) is 4.99. The lowest BCUT2D eigenvalue weighted by Gasteiger charge is -2.17. The molecular weight excluding hydrogens is 329 g/mol. The van der Waals surface area contributed by atoms with Gasteiger partial charge in [-0.3, -0.25) is 0 Å². The second-order valence-electron chi connectivity index (χ2n) is 3.74. The summed E-state index contributed by atoms with van der Waals surface area (Å²) in [5, 5.41) is 3.21. The lowest BCUT2D eigenvalue weighted by molar-refractivity contribution is -0.144. The Hall–Kier alpha value is -0.780. The summed E-state index contributed by atoms with van der Waals surface area (Å²) in [7, 11) is 0. The number of hydrogen-bond donors (Lipinski definition) is 1. The van der Waals surface area contributed by atoms with Gasteiger partial charge in [-0.1, -0.05) is 13.3 Å². The average molecular weight is 347 g/mol. The Morgan fingerprint density at radius 2 is 2.00 bits per heavy atom. The largest absolute Gasteiger partial charge is 0.464 e. The van der Waals surface area contributed by atoms with E-state index in [4.69, 9.17) is 4.74 Å². The van der Waals surface area contributed by atoms with Gasteiger partial charge in [-0.15, -0.1) is 0 Å². The Labute approximate surface area is 116 Å². The van der Waals surface area contributed by atoms with Crippen LogP contribution < -0.4 is 5.32 Å².